The van der Waals surface area contributed by atoms with Crippen LogP contribution < -0.4 is 0 Å². The first-order valence-corrected chi connectivity index (χ1v) is 5.67. The fourth-order valence-corrected chi connectivity index (χ4v) is 1.42. The molecule has 0 saturated heterocycles. The fraction of sp³-hybridized carbons (Fsp3) is 0.308. The summed E-state index contributed by atoms with van der Waals surface area (Å²) in [5, 5.41) is -0.218. The van der Waals surface area contributed by atoms with Crippen molar-refractivity contribution in [3.63, 3.8) is 0 Å². The Bertz CT molecular complexity index is 338. The first kappa shape index (κ1) is 12.1. The lowest BCUT2D eigenvalue weighted by Gasteiger charge is -1.99. The average Bonchev–Trinajstić information content (AvgIpc) is 2.25. The van der Waals surface area contributed by atoms with Crippen LogP contribution >= 0.6 is 12.6 Å². The molecule has 2 heteroatoms. The van der Waals surface area contributed by atoms with Gasteiger partial charge in [-0.15, -0.1) is 12.6 Å². The molecule has 1 nitrogen and oxygen atoms in total. The summed E-state index contributed by atoms with van der Waals surface area (Å²) in [6.07, 6.45) is 6.81. The largest absolute Gasteiger partial charge is 0.283 e. The molecule has 0 heterocycles. The second kappa shape index (κ2) is 6.46. The van der Waals surface area contributed by atoms with E-state index in [1.54, 1.807) is 6.08 Å². The molecule has 15 heavy (non-hydrogen) atoms. The Kier molecular flexibility index (Phi) is 5.19. The van der Waals surface area contributed by atoms with E-state index in [1.165, 1.54) is 24.5 Å². The van der Waals surface area contributed by atoms with Gasteiger partial charge in [-0.1, -0.05) is 43.7 Å². The topological polar surface area (TPSA) is 17.1 Å². The van der Waals surface area contributed by atoms with Crippen molar-refractivity contribution in [2.45, 2.75) is 26.2 Å². The molecule has 1 aromatic rings. The SMILES string of the molecule is CCCCc1ccc(/C=C/C(=O)S)cc1. The van der Waals surface area contributed by atoms with Crippen LogP contribution in [0.1, 0.15) is 30.9 Å². The molecular formula is C13H16OS. The maximum Gasteiger partial charge on any atom is 0.209 e. The highest BCUT2D eigenvalue weighted by atomic mass is 32.1. The van der Waals surface area contributed by atoms with Crippen LogP contribution in [-0.2, 0) is 11.2 Å². The van der Waals surface area contributed by atoms with Gasteiger partial charge in [-0.25, -0.2) is 0 Å². The van der Waals surface area contributed by atoms with E-state index >= 15 is 0 Å². The van der Waals surface area contributed by atoms with E-state index in [0.29, 0.717) is 0 Å². The van der Waals surface area contributed by atoms with E-state index in [2.05, 4.69) is 31.7 Å². The van der Waals surface area contributed by atoms with Crippen LogP contribution in [0.25, 0.3) is 6.08 Å². The lowest BCUT2D eigenvalue weighted by atomic mass is 10.1. The highest BCUT2D eigenvalue weighted by Gasteiger charge is 1.92. The van der Waals surface area contributed by atoms with Gasteiger partial charge in [0.25, 0.3) is 0 Å². The molecule has 0 atom stereocenters. The maximum atomic E-state index is 10.6. The number of thiol groups is 1. The Balaban J connectivity index is 2.60. The van der Waals surface area contributed by atoms with Crippen LogP contribution in [0.4, 0.5) is 0 Å². The Morgan fingerprint density at radius 2 is 2.00 bits per heavy atom. The zero-order valence-electron chi connectivity index (χ0n) is 8.94. The number of aryl methyl sites for hydroxylation is 1. The molecule has 80 valence electrons. The second-order valence-corrected chi connectivity index (χ2v) is 3.96. The number of benzene rings is 1. The van der Waals surface area contributed by atoms with E-state index in [9.17, 15) is 4.79 Å². The molecular weight excluding hydrogens is 204 g/mol. The maximum absolute atomic E-state index is 10.6. The fourth-order valence-electron chi connectivity index (χ4n) is 1.34. The third kappa shape index (κ3) is 4.84. The van der Waals surface area contributed by atoms with E-state index < -0.39 is 0 Å². The van der Waals surface area contributed by atoms with Crippen molar-refractivity contribution in [2.24, 2.45) is 0 Å². The van der Waals surface area contributed by atoms with Crippen LogP contribution in [0, 0.1) is 0 Å². The highest BCUT2D eigenvalue weighted by Crippen LogP contribution is 2.09. The van der Waals surface area contributed by atoms with E-state index in [0.717, 1.165) is 12.0 Å². The lowest BCUT2D eigenvalue weighted by Crippen LogP contribution is -1.84. The second-order valence-electron chi connectivity index (χ2n) is 3.52. The van der Waals surface area contributed by atoms with Crippen molar-refractivity contribution in [2.75, 3.05) is 0 Å². The Labute approximate surface area is 96.6 Å². The Hall–Kier alpha value is -1.02. The third-order valence-electron chi connectivity index (χ3n) is 2.22. The normalized spacial score (nSPS) is 10.8. The van der Waals surface area contributed by atoms with Crippen LogP contribution in [0.5, 0.6) is 0 Å². The minimum atomic E-state index is -0.218. The van der Waals surface area contributed by atoms with Gasteiger partial charge in [0, 0.05) is 0 Å². The van der Waals surface area contributed by atoms with Crippen LogP contribution in [0.15, 0.2) is 30.3 Å². The van der Waals surface area contributed by atoms with Crippen LogP contribution in [-0.4, -0.2) is 5.12 Å². The Morgan fingerprint density at radius 1 is 1.33 bits per heavy atom. The van der Waals surface area contributed by atoms with Crippen LogP contribution in [0.3, 0.4) is 0 Å². The number of hydrogen-bond donors (Lipinski definition) is 1. The predicted octanol–water partition coefficient (Wildman–Crippen LogP) is 3.50. The summed E-state index contributed by atoms with van der Waals surface area (Å²) in [7, 11) is 0. The van der Waals surface area contributed by atoms with Crippen molar-refractivity contribution < 1.29 is 4.79 Å². The number of carbonyl (C=O) groups excluding carboxylic acids is 1. The van der Waals surface area contributed by atoms with Gasteiger partial charge in [-0.2, -0.15) is 0 Å². The summed E-state index contributed by atoms with van der Waals surface area (Å²) in [5.74, 6) is 0. The quantitative estimate of drug-likeness (QED) is 0.593. The first-order valence-electron chi connectivity index (χ1n) is 5.22. The molecule has 0 aromatic heterocycles. The van der Waals surface area contributed by atoms with Crippen molar-refractivity contribution in [3.05, 3.63) is 41.5 Å². The zero-order chi connectivity index (χ0) is 11.1. The molecule has 1 rings (SSSR count). The number of carbonyl (C=O) groups is 1. The van der Waals surface area contributed by atoms with Gasteiger partial charge in [0.2, 0.25) is 5.12 Å². The standard InChI is InChI=1S/C13H16OS/c1-2-3-4-11-5-7-12(8-6-11)9-10-13(14)15/h5-10H,2-4H2,1H3,(H,14,15)/b10-9+. The zero-order valence-corrected chi connectivity index (χ0v) is 9.84. The molecule has 1 aromatic carbocycles. The predicted molar refractivity (Wildman–Crippen MR) is 68.1 cm³/mol. The molecule has 0 spiro atoms. The summed E-state index contributed by atoms with van der Waals surface area (Å²) in [6.45, 7) is 2.19. The van der Waals surface area contributed by atoms with Gasteiger partial charge < -0.3 is 0 Å². The van der Waals surface area contributed by atoms with Crippen LogP contribution in [0.2, 0.25) is 0 Å². The Morgan fingerprint density at radius 3 is 2.53 bits per heavy atom. The molecule has 0 N–H and O–H groups in total. The van der Waals surface area contributed by atoms with Crippen molar-refractivity contribution in [1.29, 1.82) is 0 Å². The molecule has 0 aliphatic rings. The molecule has 0 saturated carbocycles. The number of rotatable bonds is 5. The van der Waals surface area contributed by atoms with E-state index in [4.69, 9.17) is 0 Å². The van der Waals surface area contributed by atoms with Gasteiger partial charge in [-0.05, 0) is 30.0 Å². The van der Waals surface area contributed by atoms with Gasteiger partial charge >= 0.3 is 0 Å². The molecule has 0 bridgehead atoms. The molecule has 0 aliphatic heterocycles. The van der Waals surface area contributed by atoms with E-state index in [1.807, 2.05) is 12.1 Å². The summed E-state index contributed by atoms with van der Waals surface area (Å²) in [4.78, 5) is 10.6. The highest BCUT2D eigenvalue weighted by molar-refractivity contribution is 7.97. The third-order valence-corrected chi connectivity index (χ3v) is 2.37. The van der Waals surface area contributed by atoms with Crippen molar-refractivity contribution in [3.8, 4) is 0 Å². The van der Waals surface area contributed by atoms with Gasteiger partial charge in [-0.3, -0.25) is 4.79 Å². The summed E-state index contributed by atoms with van der Waals surface area (Å²) < 4.78 is 0. The van der Waals surface area contributed by atoms with Crippen molar-refractivity contribution in [1.82, 2.24) is 0 Å². The summed E-state index contributed by atoms with van der Waals surface area (Å²) in [6, 6.07) is 8.27. The number of hydrogen-bond acceptors (Lipinski definition) is 1. The molecule has 0 aliphatic carbocycles. The summed E-state index contributed by atoms with van der Waals surface area (Å²) in [5.41, 5.74) is 2.39. The molecule has 0 fully saturated rings. The monoisotopic (exact) mass is 220 g/mol. The summed E-state index contributed by atoms with van der Waals surface area (Å²) >= 11 is 3.67. The average molecular weight is 220 g/mol. The molecule has 0 amide bonds. The van der Waals surface area contributed by atoms with Gasteiger partial charge in [0.05, 0.1) is 0 Å². The van der Waals surface area contributed by atoms with Gasteiger partial charge in [0.1, 0.15) is 0 Å². The number of unbranched alkanes of at least 4 members (excludes halogenated alkanes) is 1. The first-order chi connectivity index (χ1) is 7.22. The lowest BCUT2D eigenvalue weighted by molar-refractivity contribution is -0.106. The minimum Gasteiger partial charge on any atom is -0.283 e. The minimum absolute atomic E-state index is 0.218. The smallest absolute Gasteiger partial charge is 0.209 e. The van der Waals surface area contributed by atoms with Crippen molar-refractivity contribution >= 4 is 23.8 Å². The molecule has 0 radical (unpaired) electrons. The molecule has 0 unspecified atom stereocenters. The van der Waals surface area contributed by atoms with Gasteiger partial charge in [0.15, 0.2) is 0 Å². The van der Waals surface area contributed by atoms with E-state index in [-0.39, 0.29) is 5.12 Å².